The van der Waals surface area contributed by atoms with E-state index in [-0.39, 0.29) is 29.2 Å². The SMILES string of the molecule is CC(C)CC1CC(=O)N(c2ccc(F)c(Cl)c2)C1=O. The number of hydrogen-bond acceptors (Lipinski definition) is 2. The van der Waals surface area contributed by atoms with Gasteiger partial charge in [0.15, 0.2) is 0 Å². The summed E-state index contributed by atoms with van der Waals surface area (Å²) in [6.45, 7) is 4.02. The predicted molar refractivity (Wildman–Crippen MR) is 71.5 cm³/mol. The van der Waals surface area contributed by atoms with Crippen LogP contribution in [0, 0.1) is 17.7 Å². The second kappa shape index (κ2) is 5.29. The summed E-state index contributed by atoms with van der Waals surface area (Å²) in [6.07, 6.45) is 0.891. The maximum atomic E-state index is 13.1. The van der Waals surface area contributed by atoms with E-state index in [9.17, 15) is 14.0 Å². The van der Waals surface area contributed by atoms with Gasteiger partial charge >= 0.3 is 0 Å². The molecule has 0 bridgehead atoms. The van der Waals surface area contributed by atoms with Gasteiger partial charge in [0.1, 0.15) is 5.82 Å². The number of carbonyl (C=O) groups excluding carboxylic acids is 2. The molecule has 0 saturated carbocycles. The minimum Gasteiger partial charge on any atom is -0.274 e. The maximum absolute atomic E-state index is 13.1. The molecule has 1 aromatic carbocycles. The molecule has 102 valence electrons. The van der Waals surface area contributed by atoms with Crippen LogP contribution in [0.5, 0.6) is 0 Å². The van der Waals surface area contributed by atoms with Crippen LogP contribution in [0.4, 0.5) is 10.1 Å². The van der Waals surface area contributed by atoms with Crippen molar-refractivity contribution in [1.82, 2.24) is 0 Å². The van der Waals surface area contributed by atoms with Gasteiger partial charge in [-0.2, -0.15) is 0 Å². The van der Waals surface area contributed by atoms with E-state index < -0.39 is 5.82 Å². The minimum atomic E-state index is -0.566. The lowest BCUT2D eigenvalue weighted by Gasteiger charge is -2.16. The zero-order chi connectivity index (χ0) is 14.2. The van der Waals surface area contributed by atoms with E-state index in [1.165, 1.54) is 12.1 Å². The van der Waals surface area contributed by atoms with Crippen LogP contribution in [0.2, 0.25) is 5.02 Å². The van der Waals surface area contributed by atoms with Crippen molar-refractivity contribution in [3.63, 3.8) is 0 Å². The van der Waals surface area contributed by atoms with Crippen molar-refractivity contribution < 1.29 is 14.0 Å². The number of halogens is 2. The molecule has 1 heterocycles. The topological polar surface area (TPSA) is 37.4 Å². The molecule has 1 aliphatic rings. The Morgan fingerprint density at radius 2 is 2.11 bits per heavy atom. The van der Waals surface area contributed by atoms with Crippen LogP contribution >= 0.6 is 11.6 Å². The molecule has 1 aromatic rings. The molecule has 0 aliphatic carbocycles. The standard InChI is InChI=1S/C14H15ClFNO2/c1-8(2)5-9-6-13(18)17(14(9)19)10-3-4-12(16)11(15)7-10/h3-4,7-9H,5-6H2,1-2H3. The van der Waals surface area contributed by atoms with Gasteiger partial charge in [-0.3, -0.25) is 14.5 Å². The first-order chi connectivity index (χ1) is 8.90. The van der Waals surface area contributed by atoms with Crippen LogP contribution < -0.4 is 4.90 Å². The van der Waals surface area contributed by atoms with Gasteiger partial charge in [-0.15, -0.1) is 0 Å². The number of rotatable bonds is 3. The highest BCUT2D eigenvalue weighted by Crippen LogP contribution is 2.32. The highest BCUT2D eigenvalue weighted by molar-refractivity contribution is 6.31. The normalized spacial score (nSPS) is 19.6. The van der Waals surface area contributed by atoms with E-state index in [1.807, 2.05) is 13.8 Å². The van der Waals surface area contributed by atoms with Crippen LogP contribution in [0.1, 0.15) is 26.7 Å². The first kappa shape index (κ1) is 14.0. The average Bonchev–Trinajstić information content (AvgIpc) is 2.58. The summed E-state index contributed by atoms with van der Waals surface area (Å²) in [5.41, 5.74) is 0.340. The molecule has 0 spiro atoms. The molecule has 0 aromatic heterocycles. The van der Waals surface area contributed by atoms with Crippen LogP contribution in [0.3, 0.4) is 0 Å². The lowest BCUT2D eigenvalue weighted by Crippen LogP contribution is -2.30. The van der Waals surface area contributed by atoms with E-state index in [2.05, 4.69) is 0 Å². The molecule has 3 nitrogen and oxygen atoms in total. The molecule has 1 unspecified atom stereocenters. The molecule has 5 heteroatoms. The maximum Gasteiger partial charge on any atom is 0.237 e. The summed E-state index contributed by atoms with van der Waals surface area (Å²) in [7, 11) is 0. The third-order valence-electron chi connectivity index (χ3n) is 3.16. The van der Waals surface area contributed by atoms with Crippen molar-refractivity contribution in [2.45, 2.75) is 26.7 Å². The largest absolute Gasteiger partial charge is 0.274 e. The first-order valence-corrected chi connectivity index (χ1v) is 6.59. The van der Waals surface area contributed by atoms with Crippen molar-refractivity contribution >= 4 is 29.1 Å². The number of imide groups is 1. The Hall–Kier alpha value is -1.42. The van der Waals surface area contributed by atoms with E-state index >= 15 is 0 Å². The van der Waals surface area contributed by atoms with Gasteiger partial charge in [0.2, 0.25) is 11.8 Å². The van der Waals surface area contributed by atoms with Gasteiger partial charge < -0.3 is 0 Å². The first-order valence-electron chi connectivity index (χ1n) is 6.22. The van der Waals surface area contributed by atoms with Crippen LogP contribution in [-0.2, 0) is 9.59 Å². The smallest absolute Gasteiger partial charge is 0.237 e. The van der Waals surface area contributed by atoms with Crippen molar-refractivity contribution in [2.75, 3.05) is 4.90 Å². The molecule has 2 amide bonds. The Kier molecular flexibility index (Phi) is 3.90. The average molecular weight is 284 g/mol. The minimum absolute atomic E-state index is 0.0922. The number of benzene rings is 1. The van der Waals surface area contributed by atoms with Gasteiger partial charge in [-0.05, 0) is 30.5 Å². The fourth-order valence-corrected chi connectivity index (χ4v) is 2.52. The van der Waals surface area contributed by atoms with Crippen molar-refractivity contribution in [2.24, 2.45) is 11.8 Å². The molecule has 1 aliphatic heterocycles. The Labute approximate surface area is 116 Å². The highest BCUT2D eigenvalue weighted by atomic mass is 35.5. The van der Waals surface area contributed by atoms with E-state index in [1.54, 1.807) is 0 Å². The second-order valence-electron chi connectivity index (χ2n) is 5.20. The van der Waals surface area contributed by atoms with E-state index in [0.29, 0.717) is 18.0 Å². The molecular weight excluding hydrogens is 269 g/mol. The third kappa shape index (κ3) is 2.78. The highest BCUT2D eigenvalue weighted by Gasteiger charge is 2.39. The summed E-state index contributed by atoms with van der Waals surface area (Å²) < 4.78 is 13.1. The fraction of sp³-hybridized carbons (Fsp3) is 0.429. The van der Waals surface area contributed by atoms with Gasteiger partial charge in [-0.1, -0.05) is 25.4 Å². The number of nitrogens with zero attached hydrogens (tertiary/aromatic N) is 1. The Bertz CT molecular complexity index is 530. The molecule has 1 fully saturated rings. The molecule has 19 heavy (non-hydrogen) atoms. The lowest BCUT2D eigenvalue weighted by molar-refractivity contribution is -0.122. The summed E-state index contributed by atoms with van der Waals surface area (Å²) >= 11 is 5.68. The molecule has 1 saturated heterocycles. The quantitative estimate of drug-likeness (QED) is 0.797. The zero-order valence-electron chi connectivity index (χ0n) is 10.8. The Balaban J connectivity index is 2.27. The number of anilines is 1. The summed E-state index contributed by atoms with van der Waals surface area (Å²) in [4.78, 5) is 25.3. The lowest BCUT2D eigenvalue weighted by atomic mass is 9.96. The monoisotopic (exact) mass is 283 g/mol. The fourth-order valence-electron chi connectivity index (χ4n) is 2.34. The molecular formula is C14H15ClFNO2. The van der Waals surface area contributed by atoms with Crippen molar-refractivity contribution in [3.8, 4) is 0 Å². The molecule has 0 radical (unpaired) electrons. The zero-order valence-corrected chi connectivity index (χ0v) is 11.6. The predicted octanol–water partition coefficient (Wildman–Crippen LogP) is 3.40. The third-order valence-corrected chi connectivity index (χ3v) is 3.45. The van der Waals surface area contributed by atoms with Crippen LogP contribution in [0.25, 0.3) is 0 Å². The number of hydrogen-bond donors (Lipinski definition) is 0. The van der Waals surface area contributed by atoms with Gasteiger partial charge in [0.05, 0.1) is 10.7 Å². The van der Waals surface area contributed by atoms with Gasteiger partial charge in [0.25, 0.3) is 0 Å². The van der Waals surface area contributed by atoms with Crippen LogP contribution in [-0.4, -0.2) is 11.8 Å². The molecule has 1 atom stereocenters. The van der Waals surface area contributed by atoms with Crippen molar-refractivity contribution in [3.05, 3.63) is 29.0 Å². The van der Waals surface area contributed by atoms with Gasteiger partial charge in [0, 0.05) is 12.3 Å². The van der Waals surface area contributed by atoms with Crippen LogP contribution in [0.15, 0.2) is 18.2 Å². The van der Waals surface area contributed by atoms with Crippen molar-refractivity contribution in [1.29, 1.82) is 0 Å². The number of carbonyl (C=O) groups is 2. The summed E-state index contributed by atoms with van der Waals surface area (Å²) in [6, 6.07) is 3.87. The summed E-state index contributed by atoms with van der Waals surface area (Å²) in [5.74, 6) is -0.974. The Morgan fingerprint density at radius 3 is 2.68 bits per heavy atom. The molecule has 0 N–H and O–H groups in total. The summed E-state index contributed by atoms with van der Waals surface area (Å²) in [5, 5.41) is -0.0922. The van der Waals surface area contributed by atoms with E-state index in [4.69, 9.17) is 11.6 Å². The van der Waals surface area contributed by atoms with Gasteiger partial charge in [-0.25, -0.2) is 4.39 Å². The molecule has 2 rings (SSSR count). The number of amides is 2. The van der Waals surface area contributed by atoms with E-state index in [0.717, 1.165) is 11.0 Å². The Morgan fingerprint density at radius 1 is 1.42 bits per heavy atom. The second-order valence-corrected chi connectivity index (χ2v) is 5.60.